The van der Waals surface area contributed by atoms with Crippen molar-refractivity contribution in [3.63, 3.8) is 0 Å². The number of pyridine rings is 1. The number of sulfonamides is 1. The van der Waals surface area contributed by atoms with Gasteiger partial charge in [-0.15, -0.1) is 0 Å². The van der Waals surface area contributed by atoms with E-state index in [9.17, 15) is 18.3 Å². The van der Waals surface area contributed by atoms with E-state index in [0.717, 1.165) is 34.9 Å². The van der Waals surface area contributed by atoms with Crippen LogP contribution < -0.4 is 10.1 Å². The van der Waals surface area contributed by atoms with Gasteiger partial charge in [0.15, 0.2) is 0 Å². The van der Waals surface area contributed by atoms with E-state index in [-0.39, 0.29) is 24.2 Å². The van der Waals surface area contributed by atoms with Crippen LogP contribution in [0, 0.1) is 5.92 Å². The number of para-hydroxylation sites is 1. The summed E-state index contributed by atoms with van der Waals surface area (Å²) in [4.78, 5) is 16.7. The second-order valence-electron chi connectivity index (χ2n) is 9.95. The largest absolute Gasteiger partial charge is 0.496 e. The predicted molar refractivity (Wildman–Crippen MR) is 141 cm³/mol. The molecule has 1 amide bonds. The molecular weight excluding hydrogens is 494 g/mol. The van der Waals surface area contributed by atoms with Gasteiger partial charge in [0.1, 0.15) is 17.3 Å². The molecule has 3 heterocycles. The molecule has 0 radical (unpaired) electrons. The topological polar surface area (TPSA) is 127 Å². The van der Waals surface area contributed by atoms with Crippen LogP contribution in [-0.4, -0.2) is 71.1 Å². The third kappa shape index (κ3) is 4.60. The summed E-state index contributed by atoms with van der Waals surface area (Å²) in [6.45, 7) is 2.20. The Hall–Kier alpha value is -3.02. The number of aliphatic hydroxyl groups excluding tert-OH is 1. The van der Waals surface area contributed by atoms with Crippen LogP contribution in [0.2, 0.25) is 0 Å². The summed E-state index contributed by atoms with van der Waals surface area (Å²) in [6, 6.07) is 7.61. The van der Waals surface area contributed by atoms with Crippen LogP contribution in [-0.2, 0) is 27.3 Å². The molecule has 0 bridgehead atoms. The fourth-order valence-corrected chi connectivity index (χ4v) is 6.35. The van der Waals surface area contributed by atoms with E-state index in [1.54, 1.807) is 24.9 Å². The first-order valence-electron chi connectivity index (χ1n) is 12.6. The predicted octanol–water partition coefficient (Wildman–Crippen LogP) is 2.67. The second-order valence-corrected chi connectivity index (χ2v) is 12.2. The first-order chi connectivity index (χ1) is 17.7. The summed E-state index contributed by atoms with van der Waals surface area (Å²) < 4.78 is 34.0. The van der Waals surface area contributed by atoms with Gasteiger partial charge in [-0.25, -0.2) is 17.7 Å². The molecule has 2 aliphatic rings. The van der Waals surface area contributed by atoms with E-state index in [4.69, 9.17) is 9.84 Å². The zero-order chi connectivity index (χ0) is 26.4. The Kier molecular flexibility index (Phi) is 6.71. The molecule has 0 spiro atoms. The zero-order valence-corrected chi connectivity index (χ0v) is 22.2. The summed E-state index contributed by atoms with van der Waals surface area (Å²) in [7, 11) is 0.141. The lowest BCUT2D eigenvalue weighted by Gasteiger charge is -2.41. The summed E-state index contributed by atoms with van der Waals surface area (Å²) in [6.07, 6.45) is 4.47. The number of anilines is 1. The van der Waals surface area contributed by atoms with E-state index < -0.39 is 15.4 Å². The summed E-state index contributed by atoms with van der Waals surface area (Å²) in [5, 5.41) is 19.1. The Morgan fingerprint density at radius 1 is 1.27 bits per heavy atom. The Bertz CT molecular complexity index is 1440. The van der Waals surface area contributed by atoms with Gasteiger partial charge in [-0.3, -0.25) is 9.48 Å². The van der Waals surface area contributed by atoms with Gasteiger partial charge in [-0.05, 0) is 44.7 Å². The van der Waals surface area contributed by atoms with Crippen molar-refractivity contribution in [3.8, 4) is 17.0 Å². The van der Waals surface area contributed by atoms with Gasteiger partial charge in [-0.2, -0.15) is 5.10 Å². The molecule has 198 valence electrons. The summed E-state index contributed by atoms with van der Waals surface area (Å²) >= 11 is 0. The smallest absolute Gasteiger partial charge is 0.228 e. The third-order valence-electron chi connectivity index (χ3n) is 7.72. The Labute approximate surface area is 216 Å². The number of piperidine rings is 1. The molecule has 37 heavy (non-hydrogen) atoms. The van der Waals surface area contributed by atoms with Crippen molar-refractivity contribution in [2.24, 2.45) is 13.0 Å². The van der Waals surface area contributed by atoms with Crippen molar-refractivity contribution in [3.05, 3.63) is 36.0 Å². The number of nitrogens with zero attached hydrogens (tertiary/aromatic N) is 4. The van der Waals surface area contributed by atoms with Crippen molar-refractivity contribution in [2.75, 3.05) is 37.9 Å². The van der Waals surface area contributed by atoms with Crippen LogP contribution >= 0.6 is 0 Å². The van der Waals surface area contributed by atoms with E-state index in [2.05, 4.69) is 10.3 Å². The molecule has 2 N–H and O–H groups in total. The fraction of sp³-hybridized carbons (Fsp3) is 0.500. The number of aromatic nitrogens is 3. The van der Waals surface area contributed by atoms with E-state index in [1.807, 2.05) is 31.3 Å². The molecule has 1 saturated heterocycles. The minimum Gasteiger partial charge on any atom is -0.496 e. The van der Waals surface area contributed by atoms with Gasteiger partial charge >= 0.3 is 0 Å². The normalized spacial score (nSPS) is 18.2. The Balaban J connectivity index is 1.55. The van der Waals surface area contributed by atoms with Crippen molar-refractivity contribution in [1.82, 2.24) is 19.1 Å². The average molecular weight is 528 g/mol. The molecule has 3 aromatic rings. The fourth-order valence-electron chi connectivity index (χ4n) is 5.24. The second kappa shape index (κ2) is 9.70. The molecule has 10 nitrogen and oxygen atoms in total. The lowest BCUT2D eigenvalue weighted by Crippen LogP contribution is -2.47. The van der Waals surface area contributed by atoms with Gasteiger partial charge in [0.05, 0.1) is 31.2 Å². The van der Waals surface area contributed by atoms with Crippen molar-refractivity contribution < 1.29 is 23.1 Å². The third-order valence-corrected chi connectivity index (χ3v) is 9.60. The molecule has 11 heteroatoms. The molecule has 0 atom stereocenters. The molecule has 1 aliphatic heterocycles. The number of carbonyl (C=O) groups is 1. The molecule has 5 rings (SSSR count). The van der Waals surface area contributed by atoms with Gasteiger partial charge < -0.3 is 15.2 Å². The number of rotatable bonds is 8. The maximum atomic E-state index is 12.4. The van der Waals surface area contributed by atoms with Crippen molar-refractivity contribution in [1.29, 1.82) is 0 Å². The Morgan fingerprint density at radius 2 is 2.00 bits per heavy atom. The molecule has 1 aromatic carbocycles. The van der Waals surface area contributed by atoms with Crippen LogP contribution in [0.4, 0.5) is 5.82 Å². The molecule has 1 aliphatic carbocycles. The highest BCUT2D eigenvalue weighted by atomic mass is 32.2. The number of nitrogens with one attached hydrogen (secondary N) is 1. The van der Waals surface area contributed by atoms with E-state index >= 15 is 0 Å². The maximum absolute atomic E-state index is 12.4. The number of benzene rings is 1. The highest BCUT2D eigenvalue weighted by molar-refractivity contribution is 7.89. The molecule has 1 saturated carbocycles. The van der Waals surface area contributed by atoms with Gasteiger partial charge in [0, 0.05) is 48.0 Å². The number of hydrogen-bond acceptors (Lipinski definition) is 7. The van der Waals surface area contributed by atoms with Crippen LogP contribution in [0.25, 0.3) is 22.2 Å². The van der Waals surface area contributed by atoms with Crippen LogP contribution in [0.5, 0.6) is 5.75 Å². The monoisotopic (exact) mass is 527 g/mol. The van der Waals surface area contributed by atoms with Crippen LogP contribution in [0.1, 0.15) is 38.2 Å². The average Bonchev–Trinajstić information content (AvgIpc) is 3.72. The number of fused-ring (bicyclic) bond motifs is 1. The van der Waals surface area contributed by atoms with E-state index in [1.165, 1.54) is 4.31 Å². The number of aryl methyl sites for hydroxylation is 1. The maximum Gasteiger partial charge on any atom is 0.228 e. The number of amides is 1. The minimum absolute atomic E-state index is 0.0156. The van der Waals surface area contributed by atoms with Crippen LogP contribution in [0.15, 0.2) is 30.5 Å². The SMILES string of the molecule is CCS(=O)(=O)N1CCC(CO)(c2cccc(-c3nn(C)c4cnc(NC(=O)C5CC5)cc34)c2OC)CC1. The standard InChI is InChI=1S/C26H33N5O5S/c1-4-37(34,35)31-12-10-26(16-32,11-13-31)20-7-5-6-18(24(20)36-3)23-19-14-22(28-25(33)17-8-9-17)27-15-21(19)30(2)29-23/h5-7,14-15,17,32H,4,8-13,16H2,1-3H3,(H,27,28,33). The number of ether oxygens (including phenoxy) is 1. The summed E-state index contributed by atoms with van der Waals surface area (Å²) in [5.74, 6) is 1.19. The van der Waals surface area contributed by atoms with Crippen LogP contribution in [0.3, 0.4) is 0 Å². The lowest BCUT2D eigenvalue weighted by atomic mass is 9.73. The number of hydrogen-bond donors (Lipinski definition) is 2. The van der Waals surface area contributed by atoms with Crippen molar-refractivity contribution >= 4 is 32.7 Å². The zero-order valence-electron chi connectivity index (χ0n) is 21.4. The number of methoxy groups -OCH3 is 1. The summed E-state index contributed by atoms with van der Waals surface area (Å²) in [5.41, 5.74) is 2.43. The minimum atomic E-state index is -3.29. The highest BCUT2D eigenvalue weighted by Crippen LogP contribution is 2.45. The van der Waals surface area contributed by atoms with Gasteiger partial charge in [0.25, 0.3) is 0 Å². The van der Waals surface area contributed by atoms with E-state index in [0.29, 0.717) is 43.2 Å². The first kappa shape index (κ1) is 25.6. The van der Waals surface area contributed by atoms with Gasteiger partial charge in [0.2, 0.25) is 15.9 Å². The molecule has 2 fully saturated rings. The quantitative estimate of drug-likeness (QED) is 0.461. The Morgan fingerprint density at radius 3 is 2.62 bits per heavy atom. The number of aliphatic hydroxyl groups is 1. The molecule has 2 aromatic heterocycles. The number of carbonyl (C=O) groups excluding carboxylic acids is 1. The molecular formula is C26H33N5O5S. The first-order valence-corrected chi connectivity index (χ1v) is 14.2. The highest BCUT2D eigenvalue weighted by Gasteiger charge is 2.41. The van der Waals surface area contributed by atoms with Crippen molar-refractivity contribution in [2.45, 2.75) is 38.0 Å². The lowest BCUT2D eigenvalue weighted by molar-refractivity contribution is -0.117. The van der Waals surface area contributed by atoms with Gasteiger partial charge in [-0.1, -0.05) is 12.1 Å². The molecule has 0 unspecified atom stereocenters.